The van der Waals surface area contributed by atoms with Gasteiger partial charge in [0.15, 0.2) is 0 Å². The molecule has 0 atom stereocenters. The lowest BCUT2D eigenvalue weighted by atomic mass is 10.1. The fourth-order valence-electron chi connectivity index (χ4n) is 4.76. The van der Waals surface area contributed by atoms with Crippen LogP contribution >= 0.6 is 0 Å². The van der Waals surface area contributed by atoms with Gasteiger partial charge in [0.05, 0.1) is 13.2 Å². The maximum absolute atomic E-state index is 13.6. The minimum atomic E-state index is -0.749. The van der Waals surface area contributed by atoms with Gasteiger partial charge in [-0.05, 0) is 94.1 Å². The van der Waals surface area contributed by atoms with Crippen LogP contribution in [0.1, 0.15) is 119 Å². The highest BCUT2D eigenvalue weighted by Crippen LogP contribution is 2.20. The van der Waals surface area contributed by atoms with Gasteiger partial charge >= 0.3 is 24.3 Å². The number of fused-ring (bicyclic) bond motifs is 1. The Bertz CT molecular complexity index is 1340. The number of nitrogens with one attached hydrogen (secondary N) is 4. The molecule has 0 unspecified atom stereocenters. The van der Waals surface area contributed by atoms with Crippen molar-refractivity contribution in [3.8, 4) is 5.75 Å². The van der Waals surface area contributed by atoms with Gasteiger partial charge in [-0.3, -0.25) is 26.3 Å². The van der Waals surface area contributed by atoms with Crippen molar-refractivity contribution in [1.29, 1.82) is 0 Å². The molecule has 0 saturated carbocycles. The van der Waals surface area contributed by atoms with E-state index >= 15 is 0 Å². The number of hydrogen-bond acceptors (Lipinski definition) is 10. The van der Waals surface area contributed by atoms with Crippen LogP contribution in [0.15, 0.2) is 34.3 Å². The van der Waals surface area contributed by atoms with Crippen LogP contribution in [-0.2, 0) is 20.8 Å². The zero-order chi connectivity index (χ0) is 38.8. The number of hydrogen-bond donors (Lipinski definition) is 4. The lowest BCUT2D eigenvalue weighted by molar-refractivity contribution is 0.0534. The van der Waals surface area contributed by atoms with Gasteiger partial charge in [-0.2, -0.15) is 0 Å². The first-order chi connectivity index (χ1) is 24.3. The van der Waals surface area contributed by atoms with E-state index in [1.54, 1.807) is 67.2 Å². The fraction of sp³-hybridized carbons (Fsp3) is 0.676. The van der Waals surface area contributed by atoms with Crippen molar-refractivity contribution in [2.24, 2.45) is 9.98 Å². The molecule has 52 heavy (non-hydrogen) atoms. The molecule has 0 fully saturated rings. The number of guanidine groups is 2. The average Bonchev–Trinajstić information content (AvgIpc) is 2.99. The number of urea groups is 1. The third-order valence-electron chi connectivity index (χ3n) is 6.94. The predicted molar refractivity (Wildman–Crippen MR) is 201 cm³/mol. The quantitative estimate of drug-likeness (QED) is 0.100. The van der Waals surface area contributed by atoms with Gasteiger partial charge in [0.2, 0.25) is 11.9 Å². The predicted octanol–water partition coefficient (Wildman–Crippen LogP) is 7.00. The van der Waals surface area contributed by atoms with Crippen LogP contribution in [0.2, 0.25) is 0 Å². The molecule has 1 aliphatic heterocycles. The first-order valence-electron chi connectivity index (χ1n) is 18.2. The summed E-state index contributed by atoms with van der Waals surface area (Å²) < 4.78 is 22.0. The molecule has 0 aliphatic carbocycles. The normalized spacial score (nSPS) is 14.8. The molecule has 0 aromatic heterocycles. The van der Waals surface area contributed by atoms with E-state index in [-0.39, 0.29) is 24.5 Å². The number of carbonyl (C=O) groups is 4. The Kier molecular flexibility index (Phi) is 17.7. The van der Waals surface area contributed by atoms with Crippen molar-refractivity contribution in [1.82, 2.24) is 26.2 Å². The Hall–Kier alpha value is -4.56. The zero-order valence-corrected chi connectivity index (χ0v) is 32.6. The summed E-state index contributed by atoms with van der Waals surface area (Å²) in [6.07, 6.45) is 4.36. The molecule has 0 spiro atoms. The highest BCUT2D eigenvalue weighted by Gasteiger charge is 2.23. The van der Waals surface area contributed by atoms with Gasteiger partial charge < -0.3 is 23.8 Å². The summed E-state index contributed by atoms with van der Waals surface area (Å²) >= 11 is 0. The molecule has 292 valence electrons. The zero-order valence-electron chi connectivity index (χ0n) is 32.6. The minimum absolute atomic E-state index is 0.0115. The Morgan fingerprint density at radius 1 is 0.808 bits per heavy atom. The molecule has 1 heterocycles. The Labute approximate surface area is 309 Å². The molecule has 1 aromatic rings. The molecule has 0 bridgehead atoms. The maximum atomic E-state index is 13.6. The lowest BCUT2D eigenvalue weighted by Crippen LogP contribution is -2.50. The van der Waals surface area contributed by atoms with Crippen molar-refractivity contribution in [3.05, 3.63) is 29.8 Å². The summed E-state index contributed by atoms with van der Waals surface area (Å²) in [6, 6.07) is 7.20. The van der Waals surface area contributed by atoms with Gasteiger partial charge in [-0.15, -0.1) is 0 Å². The summed E-state index contributed by atoms with van der Waals surface area (Å²) in [5.41, 5.74) is -1.38. The fourth-order valence-corrected chi connectivity index (χ4v) is 4.76. The van der Waals surface area contributed by atoms with Crippen LogP contribution in [0.3, 0.4) is 0 Å². The van der Waals surface area contributed by atoms with Crippen LogP contribution in [0, 0.1) is 0 Å². The van der Waals surface area contributed by atoms with Crippen LogP contribution < -0.4 is 26.0 Å². The molecule has 2 rings (SSSR count). The maximum Gasteiger partial charge on any atom is 0.414 e. The van der Waals surface area contributed by atoms with Crippen LogP contribution in [0.25, 0.3) is 0 Å². The van der Waals surface area contributed by atoms with Gasteiger partial charge in [0.25, 0.3) is 0 Å². The first kappa shape index (κ1) is 43.6. The number of nitrogens with zero attached hydrogens (tertiary/aromatic N) is 3. The Balaban J connectivity index is 2.05. The molecular formula is C37H61N7O8. The summed E-state index contributed by atoms with van der Waals surface area (Å²) in [6.45, 7) is 17.8. The molecule has 0 saturated heterocycles. The molecule has 5 amide bonds. The third-order valence-corrected chi connectivity index (χ3v) is 6.94. The van der Waals surface area contributed by atoms with Crippen LogP contribution in [-0.4, -0.2) is 84.2 Å². The molecular weight excluding hydrogens is 670 g/mol. The number of rotatable bonds is 7. The van der Waals surface area contributed by atoms with Crippen molar-refractivity contribution >= 4 is 36.2 Å². The SMILES string of the molecule is CC(C)(C)OC(=O)NC(=NCCCCCCN1CCCCCCOc2ccccc2CN=C(NC(=O)OC(C)(C)C)NC1=O)NC(=O)OC(C)(C)C. The minimum Gasteiger partial charge on any atom is -0.493 e. The summed E-state index contributed by atoms with van der Waals surface area (Å²) in [4.78, 5) is 61.6. The molecule has 0 radical (unpaired) electrons. The van der Waals surface area contributed by atoms with Gasteiger partial charge in [0.1, 0.15) is 22.6 Å². The largest absolute Gasteiger partial charge is 0.493 e. The highest BCUT2D eigenvalue weighted by molar-refractivity contribution is 6.03. The molecule has 4 N–H and O–H groups in total. The van der Waals surface area contributed by atoms with Crippen molar-refractivity contribution < 1.29 is 38.1 Å². The van der Waals surface area contributed by atoms with Crippen LogP contribution in [0.5, 0.6) is 5.75 Å². The number of benzene rings is 1. The lowest BCUT2D eigenvalue weighted by Gasteiger charge is -2.24. The smallest absolute Gasteiger partial charge is 0.414 e. The Morgan fingerprint density at radius 2 is 1.38 bits per heavy atom. The summed E-state index contributed by atoms with van der Waals surface area (Å²) in [5, 5.41) is 10.4. The second-order valence-electron chi connectivity index (χ2n) is 15.5. The van der Waals surface area contributed by atoms with E-state index in [2.05, 4.69) is 31.3 Å². The van der Waals surface area contributed by atoms with E-state index in [9.17, 15) is 19.2 Å². The summed E-state index contributed by atoms with van der Waals surface area (Å²) in [5.74, 6) is 0.642. The highest BCUT2D eigenvalue weighted by atomic mass is 16.6. The molecule has 15 heteroatoms. The van der Waals surface area contributed by atoms with Crippen molar-refractivity contribution in [2.75, 3.05) is 26.2 Å². The number of aliphatic imine (C=N–C) groups is 2. The van der Waals surface area contributed by atoms with Gasteiger partial charge in [-0.1, -0.05) is 43.9 Å². The number of para-hydroxylation sites is 1. The Morgan fingerprint density at radius 3 is 2.02 bits per heavy atom. The number of alkyl carbamates (subject to hydrolysis) is 3. The average molecular weight is 732 g/mol. The third kappa shape index (κ3) is 20.3. The second kappa shape index (κ2) is 21.1. The van der Waals surface area contributed by atoms with Gasteiger partial charge in [-0.25, -0.2) is 24.2 Å². The number of ether oxygens (including phenoxy) is 4. The number of carbonyl (C=O) groups excluding carboxylic acids is 4. The summed E-state index contributed by atoms with van der Waals surface area (Å²) in [7, 11) is 0. The van der Waals surface area contributed by atoms with Gasteiger partial charge in [0, 0.05) is 25.2 Å². The molecule has 1 aliphatic rings. The first-order valence-corrected chi connectivity index (χ1v) is 18.2. The monoisotopic (exact) mass is 731 g/mol. The van der Waals surface area contributed by atoms with Crippen molar-refractivity contribution in [3.63, 3.8) is 0 Å². The van der Waals surface area contributed by atoms with Crippen LogP contribution in [0.4, 0.5) is 19.2 Å². The van der Waals surface area contributed by atoms with E-state index in [4.69, 9.17) is 18.9 Å². The van der Waals surface area contributed by atoms with E-state index in [1.807, 2.05) is 24.3 Å². The van der Waals surface area contributed by atoms with E-state index in [0.29, 0.717) is 38.4 Å². The van der Waals surface area contributed by atoms with E-state index in [0.717, 1.165) is 50.5 Å². The molecule has 1 aromatic carbocycles. The standard InChI is InChI=1S/C37H61N7O8/c1-35(2,3)50-32(46)41-29(42-33(47)51-36(4,5)6)38-22-16-10-11-17-23-44-24-18-12-13-19-25-49-28-21-15-14-20-27(28)26-39-30(40-31(44)45)43-34(48)52-37(7,8)9/h14-15,20-21H,10-13,16-19,22-26H2,1-9H3,(H2,38,41,42,46,47)(H2,39,40,43,45,48). The number of amides is 5. The topological polar surface area (TPSA) is 181 Å². The molecule has 15 nitrogen and oxygen atoms in total. The van der Waals surface area contributed by atoms with E-state index in [1.165, 1.54) is 0 Å². The second-order valence-corrected chi connectivity index (χ2v) is 15.5. The van der Waals surface area contributed by atoms with E-state index < -0.39 is 35.1 Å². The van der Waals surface area contributed by atoms with Crippen molar-refractivity contribution in [2.45, 2.75) is 137 Å². The number of unbranched alkanes of at least 4 members (excludes halogenated alkanes) is 3.